The van der Waals surface area contributed by atoms with Crippen LogP contribution in [0.15, 0.2) is 24.9 Å². The van der Waals surface area contributed by atoms with Crippen molar-refractivity contribution in [2.24, 2.45) is 0 Å². The number of anilines is 1. The Labute approximate surface area is 114 Å². The van der Waals surface area contributed by atoms with Gasteiger partial charge < -0.3 is 14.7 Å². The first-order valence-corrected chi connectivity index (χ1v) is 6.01. The van der Waals surface area contributed by atoms with Crippen molar-refractivity contribution in [2.75, 3.05) is 24.6 Å². The van der Waals surface area contributed by atoms with E-state index in [4.69, 9.17) is 4.74 Å². The van der Waals surface area contributed by atoms with Gasteiger partial charge in [0.15, 0.2) is 0 Å². The lowest BCUT2D eigenvalue weighted by Crippen LogP contribution is -2.60. The first kappa shape index (κ1) is 14.6. The summed E-state index contributed by atoms with van der Waals surface area (Å²) in [4.78, 5) is 5.21. The maximum absolute atomic E-state index is 13.1. The highest BCUT2D eigenvalue weighted by molar-refractivity contribution is 5.54. The smallest absolute Gasteiger partial charge is 0.420 e. The molecule has 0 bridgehead atoms. The van der Waals surface area contributed by atoms with E-state index < -0.39 is 17.3 Å². The van der Waals surface area contributed by atoms with Crippen LogP contribution in [0.2, 0.25) is 0 Å². The Morgan fingerprint density at radius 1 is 1.55 bits per heavy atom. The van der Waals surface area contributed by atoms with Gasteiger partial charge in [-0.3, -0.25) is 0 Å². The van der Waals surface area contributed by atoms with Gasteiger partial charge in [0.1, 0.15) is 23.7 Å². The Morgan fingerprint density at radius 2 is 2.20 bits per heavy atom. The van der Waals surface area contributed by atoms with Gasteiger partial charge >= 0.3 is 6.18 Å². The van der Waals surface area contributed by atoms with Crippen LogP contribution in [0.25, 0.3) is 0 Å². The molecule has 1 aliphatic heterocycles. The van der Waals surface area contributed by atoms with E-state index in [1.807, 2.05) is 0 Å². The van der Waals surface area contributed by atoms with Gasteiger partial charge in [-0.15, -0.1) is 0 Å². The molecule has 0 radical (unpaired) electrons. The van der Waals surface area contributed by atoms with Crippen LogP contribution < -0.4 is 9.64 Å². The fraction of sp³-hybridized carbons (Fsp3) is 0.462. The van der Waals surface area contributed by atoms with Crippen molar-refractivity contribution in [1.29, 1.82) is 0 Å². The van der Waals surface area contributed by atoms with Crippen molar-refractivity contribution in [3.8, 4) is 5.75 Å². The third kappa shape index (κ3) is 3.04. The number of ether oxygens (including phenoxy) is 1. The van der Waals surface area contributed by atoms with Crippen molar-refractivity contribution in [3.05, 3.63) is 30.5 Å². The summed E-state index contributed by atoms with van der Waals surface area (Å²) in [7, 11) is 0. The van der Waals surface area contributed by atoms with Gasteiger partial charge in [-0.25, -0.2) is 4.98 Å². The number of aliphatic hydroxyl groups is 1. The molecule has 4 nitrogen and oxygen atoms in total. The SMILES string of the molecule is C=CCOc1cnc(N2CC(C)(O)C2)c(C(F)(F)F)c1. The van der Waals surface area contributed by atoms with Crippen LogP contribution in [0, 0.1) is 0 Å². The molecule has 0 spiro atoms. The summed E-state index contributed by atoms with van der Waals surface area (Å²) < 4.78 is 44.2. The largest absolute Gasteiger partial charge is 0.488 e. The second-order valence-corrected chi connectivity index (χ2v) is 4.99. The highest BCUT2D eigenvalue weighted by atomic mass is 19.4. The Bertz CT molecular complexity index is 507. The van der Waals surface area contributed by atoms with E-state index in [2.05, 4.69) is 11.6 Å². The number of pyridine rings is 1. The minimum Gasteiger partial charge on any atom is -0.488 e. The zero-order valence-electron chi connectivity index (χ0n) is 10.9. The predicted molar refractivity (Wildman–Crippen MR) is 67.8 cm³/mol. The van der Waals surface area contributed by atoms with E-state index in [1.165, 1.54) is 17.2 Å². The molecule has 1 saturated heterocycles. The molecule has 0 amide bonds. The van der Waals surface area contributed by atoms with Gasteiger partial charge in [0, 0.05) is 13.1 Å². The van der Waals surface area contributed by atoms with Crippen LogP contribution in [0.4, 0.5) is 19.0 Å². The number of aromatic nitrogens is 1. The number of β-amino-alcohol motifs (C(OH)–C–C–N with tert-alkyl or cyclic N) is 1. The Morgan fingerprint density at radius 3 is 2.70 bits per heavy atom. The van der Waals surface area contributed by atoms with Crippen molar-refractivity contribution in [3.63, 3.8) is 0 Å². The summed E-state index contributed by atoms with van der Waals surface area (Å²) >= 11 is 0. The van der Waals surface area contributed by atoms with Crippen LogP contribution in [0.5, 0.6) is 5.75 Å². The zero-order chi connectivity index (χ0) is 15.0. The quantitative estimate of drug-likeness (QED) is 0.863. The summed E-state index contributed by atoms with van der Waals surface area (Å²) in [5, 5.41) is 9.62. The standard InChI is InChI=1S/C13H15F3N2O2/c1-3-4-20-9-5-10(13(14,15)16)11(17-6-9)18-7-12(2,19)8-18/h3,5-6,19H,1,4,7-8H2,2H3. The Balaban J connectivity index is 2.29. The highest BCUT2D eigenvalue weighted by Gasteiger charge is 2.43. The summed E-state index contributed by atoms with van der Waals surface area (Å²) in [6.45, 7) is 5.35. The Hall–Kier alpha value is -1.76. The predicted octanol–water partition coefficient (Wildman–Crippen LogP) is 2.24. The topological polar surface area (TPSA) is 45.6 Å². The average Bonchev–Trinajstić information content (AvgIpc) is 2.32. The number of hydrogen-bond acceptors (Lipinski definition) is 4. The van der Waals surface area contributed by atoms with Gasteiger partial charge in [-0.1, -0.05) is 12.7 Å². The number of rotatable bonds is 4. The fourth-order valence-corrected chi connectivity index (χ4v) is 2.06. The molecule has 0 aliphatic carbocycles. The van der Waals surface area contributed by atoms with Crippen LogP contribution >= 0.6 is 0 Å². The molecule has 1 N–H and O–H groups in total. The van der Waals surface area contributed by atoms with Crippen molar-refractivity contribution in [2.45, 2.75) is 18.7 Å². The molecule has 110 valence electrons. The van der Waals surface area contributed by atoms with Gasteiger partial charge in [0.25, 0.3) is 0 Å². The third-order valence-corrected chi connectivity index (χ3v) is 2.88. The van der Waals surface area contributed by atoms with E-state index in [9.17, 15) is 18.3 Å². The summed E-state index contributed by atoms with van der Waals surface area (Å²) in [5.41, 5.74) is -1.84. The molecule has 2 rings (SSSR count). The first-order chi connectivity index (χ1) is 9.23. The molecule has 1 aromatic heterocycles. The van der Waals surface area contributed by atoms with E-state index in [-0.39, 0.29) is 31.3 Å². The lowest BCUT2D eigenvalue weighted by molar-refractivity contribution is -0.137. The van der Waals surface area contributed by atoms with Gasteiger partial charge in [0.2, 0.25) is 0 Å². The van der Waals surface area contributed by atoms with E-state index in [0.29, 0.717) is 0 Å². The number of nitrogens with zero attached hydrogens (tertiary/aromatic N) is 2. The van der Waals surface area contributed by atoms with Crippen molar-refractivity contribution in [1.82, 2.24) is 4.98 Å². The van der Waals surface area contributed by atoms with Crippen molar-refractivity contribution < 1.29 is 23.0 Å². The average molecular weight is 288 g/mol. The van der Waals surface area contributed by atoms with E-state index >= 15 is 0 Å². The fourth-order valence-electron chi connectivity index (χ4n) is 2.06. The van der Waals surface area contributed by atoms with Gasteiger partial charge in [0.05, 0.1) is 11.8 Å². The Kier molecular flexibility index (Phi) is 3.64. The molecule has 7 heteroatoms. The molecule has 0 unspecified atom stereocenters. The van der Waals surface area contributed by atoms with Gasteiger partial charge in [-0.2, -0.15) is 13.2 Å². The molecule has 1 aliphatic rings. The highest BCUT2D eigenvalue weighted by Crippen LogP contribution is 2.39. The maximum atomic E-state index is 13.1. The summed E-state index contributed by atoms with van der Waals surface area (Å²) in [6, 6.07) is 0.916. The maximum Gasteiger partial charge on any atom is 0.420 e. The normalized spacial score (nSPS) is 17.6. The molecule has 1 aromatic rings. The molecular weight excluding hydrogens is 273 g/mol. The zero-order valence-corrected chi connectivity index (χ0v) is 10.9. The van der Waals surface area contributed by atoms with Crippen molar-refractivity contribution >= 4 is 5.82 Å². The lowest BCUT2D eigenvalue weighted by atomic mass is 9.96. The molecule has 2 heterocycles. The summed E-state index contributed by atoms with van der Waals surface area (Å²) in [6.07, 6.45) is -1.85. The second-order valence-electron chi connectivity index (χ2n) is 4.99. The molecule has 0 atom stereocenters. The summed E-state index contributed by atoms with van der Waals surface area (Å²) in [5.74, 6) is -0.150. The molecule has 0 saturated carbocycles. The van der Waals surface area contributed by atoms with Gasteiger partial charge in [-0.05, 0) is 13.0 Å². The minimum atomic E-state index is -4.53. The molecule has 0 aromatic carbocycles. The second kappa shape index (κ2) is 4.97. The first-order valence-electron chi connectivity index (χ1n) is 6.01. The molecular formula is C13H15F3N2O2. The third-order valence-electron chi connectivity index (χ3n) is 2.88. The van der Waals surface area contributed by atoms with E-state index in [0.717, 1.165) is 6.07 Å². The van der Waals surface area contributed by atoms with E-state index in [1.54, 1.807) is 6.92 Å². The monoisotopic (exact) mass is 288 g/mol. The van der Waals surface area contributed by atoms with Crippen LogP contribution in [-0.2, 0) is 6.18 Å². The minimum absolute atomic E-state index is 0.0354. The molecule has 20 heavy (non-hydrogen) atoms. The number of halogens is 3. The lowest BCUT2D eigenvalue weighted by Gasteiger charge is -2.45. The van der Waals surface area contributed by atoms with Crippen LogP contribution in [-0.4, -0.2) is 35.4 Å². The number of alkyl halides is 3. The molecule has 1 fully saturated rings. The van der Waals surface area contributed by atoms with Crippen LogP contribution in [0.3, 0.4) is 0 Å². The number of hydrogen-bond donors (Lipinski definition) is 1. The van der Waals surface area contributed by atoms with Crippen LogP contribution in [0.1, 0.15) is 12.5 Å².